The van der Waals surface area contributed by atoms with E-state index in [1.165, 1.54) is 0 Å². The molecule has 0 spiro atoms. The fraction of sp³-hybridized carbons (Fsp3) is 0.462. The largest absolute Gasteiger partial charge is 0.379 e. The van der Waals surface area contributed by atoms with Gasteiger partial charge in [0, 0.05) is 12.5 Å². The number of rotatable bonds is 3. The van der Waals surface area contributed by atoms with E-state index in [0.717, 1.165) is 18.2 Å². The molecule has 0 radical (unpaired) electrons. The fourth-order valence-electron chi connectivity index (χ4n) is 2.03. The molecule has 1 heterocycles. The van der Waals surface area contributed by atoms with Crippen molar-refractivity contribution in [1.82, 2.24) is 0 Å². The summed E-state index contributed by atoms with van der Waals surface area (Å²) in [5, 5.41) is 0. The Morgan fingerprint density at radius 3 is 2.89 bits per heavy atom. The second kappa shape index (κ2) is 4.74. The molecule has 1 aliphatic heterocycles. The Morgan fingerprint density at radius 1 is 1.56 bits per heavy atom. The highest BCUT2D eigenvalue weighted by Crippen LogP contribution is 2.29. The summed E-state index contributed by atoms with van der Waals surface area (Å²) < 4.78 is 31.6. The van der Waals surface area contributed by atoms with Crippen LogP contribution < -0.4 is 5.73 Å². The highest BCUT2D eigenvalue weighted by atomic mass is 19.1. The molecular weight excluding hydrogens is 240 g/mol. The molecular formula is C13H15F2NO2. The Hall–Kier alpha value is -1.33. The van der Waals surface area contributed by atoms with E-state index in [-0.39, 0.29) is 24.4 Å². The van der Waals surface area contributed by atoms with Crippen molar-refractivity contribution in [3.8, 4) is 0 Å². The number of hydrogen-bond acceptors (Lipinski definition) is 3. The van der Waals surface area contributed by atoms with Crippen molar-refractivity contribution in [3.05, 3.63) is 35.4 Å². The minimum absolute atomic E-state index is 0.0559. The Labute approximate surface area is 104 Å². The lowest BCUT2D eigenvalue weighted by Gasteiger charge is -2.25. The summed E-state index contributed by atoms with van der Waals surface area (Å²) in [7, 11) is 0. The minimum atomic E-state index is -0.821. The molecule has 3 nitrogen and oxygen atoms in total. The lowest BCUT2D eigenvalue weighted by molar-refractivity contribution is -0.127. The lowest BCUT2D eigenvalue weighted by atomic mass is 9.79. The highest BCUT2D eigenvalue weighted by Gasteiger charge is 2.43. The van der Waals surface area contributed by atoms with Crippen LogP contribution in [0.3, 0.4) is 0 Å². The number of ketones is 1. The van der Waals surface area contributed by atoms with Crippen LogP contribution in [0.2, 0.25) is 0 Å². The monoisotopic (exact) mass is 255 g/mol. The predicted molar refractivity (Wildman–Crippen MR) is 62.0 cm³/mol. The van der Waals surface area contributed by atoms with Crippen LogP contribution in [-0.2, 0) is 16.0 Å². The van der Waals surface area contributed by atoms with Crippen molar-refractivity contribution < 1.29 is 18.3 Å². The third kappa shape index (κ3) is 2.28. The number of benzene rings is 1. The van der Waals surface area contributed by atoms with Crippen LogP contribution in [0.1, 0.15) is 12.5 Å². The van der Waals surface area contributed by atoms with Gasteiger partial charge in [0.1, 0.15) is 17.4 Å². The van der Waals surface area contributed by atoms with Gasteiger partial charge in [0.05, 0.1) is 18.6 Å². The first-order valence-corrected chi connectivity index (χ1v) is 5.74. The van der Waals surface area contributed by atoms with Gasteiger partial charge in [-0.15, -0.1) is 0 Å². The zero-order valence-electron chi connectivity index (χ0n) is 10.1. The van der Waals surface area contributed by atoms with E-state index in [0.29, 0.717) is 6.61 Å². The SMILES string of the molecule is CC1(C(=O)Cc2cc(F)ccc2F)COCC1N. The summed E-state index contributed by atoms with van der Waals surface area (Å²) in [6.45, 7) is 2.24. The molecule has 0 saturated carbocycles. The maximum absolute atomic E-state index is 13.5. The summed E-state index contributed by atoms with van der Waals surface area (Å²) >= 11 is 0. The summed E-state index contributed by atoms with van der Waals surface area (Å²) in [5.41, 5.74) is 5.06. The molecule has 0 aliphatic carbocycles. The number of carbonyl (C=O) groups excluding carboxylic acids is 1. The lowest BCUT2D eigenvalue weighted by Crippen LogP contribution is -2.45. The third-order valence-corrected chi connectivity index (χ3v) is 3.51. The summed E-state index contributed by atoms with van der Waals surface area (Å²) in [6.07, 6.45) is -0.169. The van der Waals surface area contributed by atoms with Crippen molar-refractivity contribution in [2.75, 3.05) is 13.2 Å². The first-order valence-electron chi connectivity index (χ1n) is 5.74. The normalized spacial score (nSPS) is 27.4. The molecule has 0 bridgehead atoms. The molecule has 5 heteroatoms. The number of halogens is 2. The molecule has 2 rings (SSSR count). The number of hydrogen-bond donors (Lipinski definition) is 1. The van der Waals surface area contributed by atoms with E-state index in [4.69, 9.17) is 10.5 Å². The second-order valence-corrected chi connectivity index (χ2v) is 4.87. The molecule has 1 aromatic carbocycles. The Morgan fingerprint density at radius 2 is 2.28 bits per heavy atom. The van der Waals surface area contributed by atoms with Crippen LogP contribution >= 0.6 is 0 Å². The van der Waals surface area contributed by atoms with E-state index in [2.05, 4.69) is 0 Å². The number of ether oxygens (including phenoxy) is 1. The van der Waals surface area contributed by atoms with Gasteiger partial charge < -0.3 is 10.5 Å². The van der Waals surface area contributed by atoms with Gasteiger partial charge in [-0.25, -0.2) is 8.78 Å². The van der Waals surface area contributed by atoms with Gasteiger partial charge in [0.2, 0.25) is 0 Å². The van der Waals surface area contributed by atoms with Crippen molar-refractivity contribution in [2.24, 2.45) is 11.1 Å². The molecule has 0 amide bonds. The number of carbonyl (C=O) groups is 1. The second-order valence-electron chi connectivity index (χ2n) is 4.87. The average molecular weight is 255 g/mol. The van der Waals surface area contributed by atoms with Crippen LogP contribution in [-0.4, -0.2) is 25.0 Å². The summed E-state index contributed by atoms with van der Waals surface area (Å²) in [5.74, 6) is -1.37. The van der Waals surface area contributed by atoms with Gasteiger partial charge >= 0.3 is 0 Å². The van der Waals surface area contributed by atoms with Crippen molar-refractivity contribution in [2.45, 2.75) is 19.4 Å². The molecule has 2 unspecified atom stereocenters. The Balaban J connectivity index is 2.19. The quantitative estimate of drug-likeness (QED) is 0.889. The van der Waals surface area contributed by atoms with Crippen molar-refractivity contribution in [1.29, 1.82) is 0 Å². The highest BCUT2D eigenvalue weighted by molar-refractivity contribution is 5.87. The van der Waals surface area contributed by atoms with Gasteiger partial charge in [0.15, 0.2) is 0 Å². The number of nitrogens with two attached hydrogens (primary N) is 1. The topological polar surface area (TPSA) is 52.3 Å². The first kappa shape index (κ1) is 13.1. The van der Waals surface area contributed by atoms with Crippen LogP contribution in [0.4, 0.5) is 8.78 Å². The van der Waals surface area contributed by atoms with Crippen molar-refractivity contribution >= 4 is 5.78 Å². The number of Topliss-reactive ketones (excluding diaryl/α,β-unsaturated/α-hetero) is 1. The van der Waals surface area contributed by atoms with E-state index in [1.54, 1.807) is 6.92 Å². The standard InChI is InChI=1S/C13H15F2NO2/c1-13(7-18-6-11(13)16)12(17)5-8-4-9(14)2-3-10(8)15/h2-4,11H,5-7,16H2,1H3. The van der Waals surface area contributed by atoms with Crippen LogP contribution in [0.5, 0.6) is 0 Å². The predicted octanol–water partition coefficient (Wildman–Crippen LogP) is 1.44. The zero-order chi connectivity index (χ0) is 13.3. The third-order valence-electron chi connectivity index (χ3n) is 3.51. The Kier molecular flexibility index (Phi) is 3.45. The fourth-order valence-corrected chi connectivity index (χ4v) is 2.03. The summed E-state index contributed by atoms with van der Waals surface area (Å²) in [4.78, 5) is 12.2. The van der Waals surface area contributed by atoms with E-state index < -0.39 is 23.1 Å². The molecule has 1 saturated heterocycles. The van der Waals surface area contributed by atoms with Gasteiger partial charge in [0.25, 0.3) is 0 Å². The molecule has 2 atom stereocenters. The first-order chi connectivity index (χ1) is 8.43. The van der Waals surface area contributed by atoms with Crippen LogP contribution in [0.25, 0.3) is 0 Å². The van der Waals surface area contributed by atoms with Gasteiger partial charge in [-0.1, -0.05) is 0 Å². The molecule has 1 aliphatic rings. The van der Waals surface area contributed by atoms with Crippen molar-refractivity contribution in [3.63, 3.8) is 0 Å². The molecule has 1 aromatic rings. The van der Waals surface area contributed by atoms with Gasteiger partial charge in [-0.3, -0.25) is 4.79 Å². The van der Waals surface area contributed by atoms with Gasteiger partial charge in [-0.05, 0) is 30.7 Å². The van der Waals surface area contributed by atoms with Gasteiger partial charge in [-0.2, -0.15) is 0 Å². The maximum atomic E-state index is 13.5. The summed E-state index contributed by atoms with van der Waals surface area (Å²) in [6, 6.07) is 2.68. The minimum Gasteiger partial charge on any atom is -0.379 e. The molecule has 98 valence electrons. The molecule has 18 heavy (non-hydrogen) atoms. The Bertz CT molecular complexity index is 478. The van der Waals surface area contributed by atoms with E-state index >= 15 is 0 Å². The molecule has 1 fully saturated rings. The molecule has 2 N–H and O–H groups in total. The smallest absolute Gasteiger partial charge is 0.147 e. The average Bonchev–Trinajstić information content (AvgIpc) is 2.66. The molecule has 0 aromatic heterocycles. The van der Waals surface area contributed by atoms with E-state index in [9.17, 15) is 13.6 Å². The van der Waals surface area contributed by atoms with Crippen LogP contribution in [0.15, 0.2) is 18.2 Å². The maximum Gasteiger partial charge on any atom is 0.147 e. The van der Waals surface area contributed by atoms with E-state index in [1.807, 2.05) is 0 Å². The van der Waals surface area contributed by atoms with Crippen LogP contribution in [0, 0.1) is 17.0 Å². The zero-order valence-corrected chi connectivity index (χ0v) is 10.1.